The van der Waals surface area contributed by atoms with Crippen LogP contribution in [0.5, 0.6) is 0 Å². The minimum absolute atomic E-state index is 0.0394. The number of nitro benzene ring substituents is 1. The molecule has 2 aromatic rings. The molecule has 0 aliphatic carbocycles. The van der Waals surface area contributed by atoms with Crippen molar-refractivity contribution in [2.45, 2.75) is 13.8 Å². The molecule has 0 amide bonds. The number of hydrogen-bond acceptors (Lipinski definition) is 3. The normalized spacial score (nSPS) is 9.22. The lowest BCUT2D eigenvalue weighted by Gasteiger charge is -1.93. The van der Waals surface area contributed by atoms with Gasteiger partial charge in [0.25, 0.3) is 5.69 Å². The molecule has 0 saturated heterocycles. The van der Waals surface area contributed by atoms with E-state index < -0.39 is 4.92 Å². The lowest BCUT2D eigenvalue weighted by atomic mass is 10.1. The van der Waals surface area contributed by atoms with Crippen molar-refractivity contribution in [2.24, 2.45) is 0 Å². The van der Waals surface area contributed by atoms with Crippen LogP contribution in [0.2, 0.25) is 0 Å². The molecule has 0 heterocycles. The van der Waals surface area contributed by atoms with Gasteiger partial charge in [0.2, 0.25) is 0 Å². The zero-order chi connectivity index (χ0) is 13.5. The Labute approximate surface area is 106 Å². The lowest BCUT2D eigenvalue weighted by Crippen LogP contribution is -1.93. The van der Waals surface area contributed by atoms with Gasteiger partial charge in [-0.2, -0.15) is 0 Å². The number of aryl methyl sites for hydroxylation is 2. The molecule has 0 aliphatic heterocycles. The molecule has 0 fully saturated rings. The Kier molecular flexibility index (Phi) is 4.87. The van der Waals surface area contributed by atoms with Crippen molar-refractivity contribution in [3.63, 3.8) is 0 Å². The third-order valence-electron chi connectivity index (χ3n) is 2.56. The van der Waals surface area contributed by atoms with Crippen LogP contribution >= 0.6 is 0 Å². The number of benzene rings is 2. The van der Waals surface area contributed by atoms with E-state index in [4.69, 9.17) is 5.73 Å². The van der Waals surface area contributed by atoms with Gasteiger partial charge in [0.15, 0.2) is 0 Å². The monoisotopic (exact) mass is 244 g/mol. The van der Waals surface area contributed by atoms with Crippen LogP contribution in [0, 0.1) is 24.0 Å². The molecule has 0 spiro atoms. The second-order valence-corrected chi connectivity index (χ2v) is 3.90. The van der Waals surface area contributed by atoms with Gasteiger partial charge in [-0.3, -0.25) is 10.1 Å². The average molecular weight is 244 g/mol. The van der Waals surface area contributed by atoms with Crippen molar-refractivity contribution in [2.75, 3.05) is 5.73 Å². The number of rotatable bonds is 1. The second kappa shape index (κ2) is 6.39. The SMILES string of the molecule is Cc1ccccc1C.Nc1ccccc1[N+](=O)[O-]. The lowest BCUT2D eigenvalue weighted by molar-refractivity contribution is -0.383. The van der Waals surface area contributed by atoms with Crippen molar-refractivity contribution >= 4 is 11.4 Å². The Bertz CT molecular complexity index is 518. The second-order valence-electron chi connectivity index (χ2n) is 3.90. The predicted octanol–water partition coefficient (Wildman–Crippen LogP) is 3.48. The molecular weight excluding hydrogens is 228 g/mol. The zero-order valence-electron chi connectivity index (χ0n) is 10.5. The molecule has 0 aliphatic rings. The van der Waals surface area contributed by atoms with E-state index >= 15 is 0 Å². The van der Waals surface area contributed by atoms with Gasteiger partial charge in [-0.25, -0.2) is 0 Å². The molecule has 2 rings (SSSR count). The maximum absolute atomic E-state index is 10.1. The van der Waals surface area contributed by atoms with E-state index in [1.807, 2.05) is 0 Å². The van der Waals surface area contributed by atoms with Crippen LogP contribution in [-0.2, 0) is 0 Å². The Morgan fingerprint density at radius 1 is 0.944 bits per heavy atom. The first kappa shape index (κ1) is 13.7. The highest BCUT2D eigenvalue weighted by Crippen LogP contribution is 2.18. The largest absolute Gasteiger partial charge is 0.393 e. The average Bonchev–Trinajstić information content (AvgIpc) is 2.34. The quantitative estimate of drug-likeness (QED) is 0.474. The minimum Gasteiger partial charge on any atom is -0.393 e. The molecule has 0 saturated carbocycles. The van der Waals surface area contributed by atoms with Crippen molar-refractivity contribution in [3.8, 4) is 0 Å². The molecule has 94 valence electrons. The van der Waals surface area contributed by atoms with E-state index in [9.17, 15) is 10.1 Å². The van der Waals surface area contributed by atoms with E-state index in [2.05, 4.69) is 38.1 Å². The van der Waals surface area contributed by atoms with Crippen molar-refractivity contribution in [1.29, 1.82) is 0 Å². The summed E-state index contributed by atoms with van der Waals surface area (Å²) < 4.78 is 0. The summed E-state index contributed by atoms with van der Waals surface area (Å²) in [7, 11) is 0. The van der Waals surface area contributed by atoms with Gasteiger partial charge in [0, 0.05) is 6.07 Å². The topological polar surface area (TPSA) is 69.2 Å². The maximum Gasteiger partial charge on any atom is 0.292 e. The first-order valence-corrected chi connectivity index (χ1v) is 5.53. The summed E-state index contributed by atoms with van der Waals surface area (Å²) in [5.74, 6) is 0. The highest BCUT2D eigenvalue weighted by Gasteiger charge is 2.07. The summed E-state index contributed by atoms with van der Waals surface area (Å²) in [6.45, 7) is 4.24. The van der Waals surface area contributed by atoms with Crippen LogP contribution in [0.15, 0.2) is 48.5 Å². The predicted molar refractivity (Wildman–Crippen MR) is 73.4 cm³/mol. The number of nitrogens with two attached hydrogens (primary N) is 1. The van der Waals surface area contributed by atoms with E-state index in [0.29, 0.717) is 0 Å². The van der Waals surface area contributed by atoms with Crippen LogP contribution in [0.25, 0.3) is 0 Å². The molecule has 0 radical (unpaired) electrons. The van der Waals surface area contributed by atoms with E-state index in [1.165, 1.54) is 23.3 Å². The van der Waals surface area contributed by atoms with Crippen LogP contribution in [0.1, 0.15) is 11.1 Å². The third kappa shape index (κ3) is 3.90. The van der Waals surface area contributed by atoms with Crippen molar-refractivity contribution in [3.05, 3.63) is 69.8 Å². The van der Waals surface area contributed by atoms with Crippen molar-refractivity contribution < 1.29 is 4.92 Å². The van der Waals surface area contributed by atoms with Crippen LogP contribution in [0.4, 0.5) is 11.4 Å². The van der Waals surface area contributed by atoms with Gasteiger partial charge in [-0.05, 0) is 31.0 Å². The fraction of sp³-hybridized carbons (Fsp3) is 0.143. The summed E-state index contributed by atoms with van der Waals surface area (Å²) in [6, 6.07) is 14.5. The third-order valence-corrected chi connectivity index (χ3v) is 2.56. The smallest absolute Gasteiger partial charge is 0.292 e. The summed E-state index contributed by atoms with van der Waals surface area (Å²) in [5, 5.41) is 10.1. The number of hydrogen-bond donors (Lipinski definition) is 1. The summed E-state index contributed by atoms with van der Waals surface area (Å²) in [5.41, 5.74) is 8.18. The fourth-order valence-corrected chi connectivity index (χ4v) is 1.32. The standard InChI is InChI=1S/C8H10.C6H6N2O2/c1-7-5-3-4-6-8(7)2;7-5-3-1-2-4-6(5)8(9)10/h3-6H,1-2H3;1-4H,7H2. The molecule has 18 heavy (non-hydrogen) atoms. The molecule has 2 aromatic carbocycles. The number of nitro groups is 1. The number of nitrogen functional groups attached to an aromatic ring is 1. The molecule has 2 N–H and O–H groups in total. The number of para-hydroxylation sites is 2. The first-order valence-electron chi connectivity index (χ1n) is 5.53. The van der Waals surface area contributed by atoms with Crippen molar-refractivity contribution in [1.82, 2.24) is 0 Å². The summed E-state index contributed by atoms with van der Waals surface area (Å²) >= 11 is 0. The van der Waals surface area contributed by atoms with Crippen LogP contribution < -0.4 is 5.73 Å². The number of nitrogens with zero attached hydrogens (tertiary/aromatic N) is 1. The van der Waals surface area contributed by atoms with Gasteiger partial charge < -0.3 is 5.73 Å². The van der Waals surface area contributed by atoms with Gasteiger partial charge in [0.1, 0.15) is 5.69 Å². The highest BCUT2D eigenvalue weighted by molar-refractivity contribution is 5.57. The zero-order valence-corrected chi connectivity index (χ0v) is 10.5. The molecule has 0 atom stereocenters. The molecule has 4 heteroatoms. The maximum atomic E-state index is 10.1. The Morgan fingerprint density at radius 2 is 1.39 bits per heavy atom. The fourth-order valence-electron chi connectivity index (χ4n) is 1.32. The van der Waals surface area contributed by atoms with Crippen LogP contribution in [0.3, 0.4) is 0 Å². The van der Waals surface area contributed by atoms with Gasteiger partial charge in [-0.15, -0.1) is 0 Å². The van der Waals surface area contributed by atoms with E-state index in [-0.39, 0.29) is 11.4 Å². The van der Waals surface area contributed by atoms with Crippen LogP contribution in [-0.4, -0.2) is 4.92 Å². The van der Waals surface area contributed by atoms with E-state index in [1.54, 1.807) is 12.1 Å². The van der Waals surface area contributed by atoms with Gasteiger partial charge >= 0.3 is 0 Å². The first-order chi connectivity index (χ1) is 8.52. The minimum atomic E-state index is -0.505. The summed E-state index contributed by atoms with van der Waals surface area (Å²) in [6.07, 6.45) is 0. The molecule has 4 nitrogen and oxygen atoms in total. The molecule has 0 unspecified atom stereocenters. The Hall–Kier alpha value is -2.36. The Balaban J connectivity index is 0.000000184. The molecular formula is C14H16N2O2. The Morgan fingerprint density at radius 3 is 1.72 bits per heavy atom. The molecule has 0 bridgehead atoms. The molecule has 0 aromatic heterocycles. The van der Waals surface area contributed by atoms with Gasteiger partial charge in [-0.1, -0.05) is 36.4 Å². The highest BCUT2D eigenvalue weighted by atomic mass is 16.6. The van der Waals surface area contributed by atoms with Gasteiger partial charge in [0.05, 0.1) is 4.92 Å². The van der Waals surface area contributed by atoms with E-state index in [0.717, 1.165) is 0 Å². The summed E-state index contributed by atoms with van der Waals surface area (Å²) in [4.78, 5) is 9.64. The number of anilines is 1.